The van der Waals surface area contributed by atoms with E-state index in [1.165, 1.54) is 11.1 Å². The number of hydrogen-bond acceptors (Lipinski definition) is 2. The van der Waals surface area contributed by atoms with Gasteiger partial charge in [-0.15, -0.1) is 0 Å². The zero-order chi connectivity index (χ0) is 7.68. The molecule has 1 aliphatic heterocycles. The van der Waals surface area contributed by atoms with E-state index in [0.717, 1.165) is 6.54 Å². The van der Waals surface area contributed by atoms with Crippen LogP contribution in [0, 0.1) is 0 Å². The first kappa shape index (κ1) is 6.83. The standard InChI is InChI=1S/C9H11NO/c1-11-9-8-5-3-2-4-7(8)6-10-9/h2-5,9-10H,6H2,1H3. The molecule has 0 saturated carbocycles. The first-order chi connectivity index (χ1) is 5.42. The van der Waals surface area contributed by atoms with Crippen LogP contribution >= 0.6 is 0 Å². The van der Waals surface area contributed by atoms with Crippen molar-refractivity contribution >= 4 is 0 Å². The fourth-order valence-corrected chi connectivity index (χ4v) is 1.47. The molecule has 0 bridgehead atoms. The van der Waals surface area contributed by atoms with Crippen molar-refractivity contribution in [2.24, 2.45) is 0 Å². The molecule has 58 valence electrons. The van der Waals surface area contributed by atoms with Crippen molar-refractivity contribution in [1.82, 2.24) is 5.32 Å². The molecule has 1 atom stereocenters. The molecule has 0 radical (unpaired) electrons. The summed E-state index contributed by atoms with van der Waals surface area (Å²) in [5.74, 6) is 0. The average molecular weight is 149 g/mol. The first-order valence-electron chi connectivity index (χ1n) is 3.76. The van der Waals surface area contributed by atoms with E-state index in [1.54, 1.807) is 7.11 Å². The minimum atomic E-state index is 0.103. The monoisotopic (exact) mass is 149 g/mol. The van der Waals surface area contributed by atoms with Crippen molar-refractivity contribution in [3.8, 4) is 0 Å². The number of nitrogens with one attached hydrogen (secondary N) is 1. The van der Waals surface area contributed by atoms with E-state index < -0.39 is 0 Å². The number of benzene rings is 1. The van der Waals surface area contributed by atoms with Crippen LogP contribution in [0.15, 0.2) is 24.3 Å². The van der Waals surface area contributed by atoms with Crippen LogP contribution < -0.4 is 5.32 Å². The zero-order valence-electron chi connectivity index (χ0n) is 6.50. The molecule has 0 aliphatic carbocycles. The molecule has 2 heteroatoms. The van der Waals surface area contributed by atoms with Gasteiger partial charge in [-0.05, 0) is 11.1 Å². The van der Waals surface area contributed by atoms with Crippen LogP contribution in [-0.4, -0.2) is 7.11 Å². The van der Waals surface area contributed by atoms with Gasteiger partial charge in [-0.2, -0.15) is 0 Å². The van der Waals surface area contributed by atoms with E-state index in [0.29, 0.717) is 0 Å². The highest BCUT2D eigenvalue weighted by atomic mass is 16.5. The number of fused-ring (bicyclic) bond motifs is 1. The van der Waals surface area contributed by atoms with Crippen LogP contribution in [0.25, 0.3) is 0 Å². The zero-order valence-corrected chi connectivity index (χ0v) is 6.50. The lowest BCUT2D eigenvalue weighted by atomic mass is 10.1. The Labute approximate surface area is 66.2 Å². The predicted octanol–water partition coefficient (Wildman–Crippen LogP) is 1.43. The largest absolute Gasteiger partial charge is 0.362 e. The Kier molecular flexibility index (Phi) is 1.64. The Hall–Kier alpha value is -0.860. The molecule has 1 aromatic rings. The lowest BCUT2D eigenvalue weighted by Crippen LogP contribution is -2.13. The van der Waals surface area contributed by atoms with Crippen molar-refractivity contribution < 1.29 is 4.74 Å². The number of rotatable bonds is 1. The number of methoxy groups -OCH3 is 1. The van der Waals surface area contributed by atoms with Gasteiger partial charge in [-0.25, -0.2) is 0 Å². The topological polar surface area (TPSA) is 21.3 Å². The number of hydrogen-bond donors (Lipinski definition) is 1. The van der Waals surface area contributed by atoms with Crippen molar-refractivity contribution in [3.63, 3.8) is 0 Å². The Morgan fingerprint density at radius 3 is 3.09 bits per heavy atom. The van der Waals surface area contributed by atoms with Gasteiger partial charge in [0.05, 0.1) is 0 Å². The summed E-state index contributed by atoms with van der Waals surface area (Å²) in [6.45, 7) is 0.925. The smallest absolute Gasteiger partial charge is 0.134 e. The van der Waals surface area contributed by atoms with Crippen molar-refractivity contribution in [2.75, 3.05) is 7.11 Å². The molecule has 0 aromatic heterocycles. The third-order valence-electron chi connectivity index (χ3n) is 2.05. The molecule has 0 spiro atoms. The number of ether oxygens (including phenoxy) is 1. The van der Waals surface area contributed by atoms with Gasteiger partial charge >= 0.3 is 0 Å². The molecular weight excluding hydrogens is 138 g/mol. The third-order valence-corrected chi connectivity index (χ3v) is 2.05. The summed E-state index contributed by atoms with van der Waals surface area (Å²) in [5.41, 5.74) is 2.62. The summed E-state index contributed by atoms with van der Waals surface area (Å²) in [6.07, 6.45) is 0.103. The van der Waals surface area contributed by atoms with Gasteiger partial charge in [-0.1, -0.05) is 24.3 Å². The Balaban J connectivity index is 2.39. The van der Waals surface area contributed by atoms with Gasteiger partial charge in [0.1, 0.15) is 6.23 Å². The van der Waals surface area contributed by atoms with Gasteiger partial charge < -0.3 is 4.74 Å². The summed E-state index contributed by atoms with van der Waals surface area (Å²) < 4.78 is 5.23. The van der Waals surface area contributed by atoms with E-state index in [2.05, 4.69) is 23.5 Å². The molecule has 2 rings (SSSR count). The molecule has 1 aromatic carbocycles. The van der Waals surface area contributed by atoms with Crippen molar-refractivity contribution in [3.05, 3.63) is 35.4 Å². The quantitative estimate of drug-likeness (QED) is 0.652. The van der Waals surface area contributed by atoms with Crippen LogP contribution in [0.2, 0.25) is 0 Å². The summed E-state index contributed by atoms with van der Waals surface area (Å²) in [5, 5.41) is 3.25. The molecular formula is C9H11NO. The molecule has 0 fully saturated rings. The highest BCUT2D eigenvalue weighted by Gasteiger charge is 2.19. The van der Waals surface area contributed by atoms with E-state index in [9.17, 15) is 0 Å². The summed E-state index contributed by atoms with van der Waals surface area (Å²) >= 11 is 0. The van der Waals surface area contributed by atoms with Crippen LogP contribution in [-0.2, 0) is 11.3 Å². The lowest BCUT2D eigenvalue weighted by Gasteiger charge is -2.08. The molecule has 0 saturated heterocycles. The molecule has 1 N–H and O–H groups in total. The average Bonchev–Trinajstić information content (AvgIpc) is 2.47. The molecule has 11 heavy (non-hydrogen) atoms. The highest BCUT2D eigenvalue weighted by Crippen LogP contribution is 2.24. The van der Waals surface area contributed by atoms with Gasteiger partial charge in [0.15, 0.2) is 0 Å². The van der Waals surface area contributed by atoms with E-state index in [-0.39, 0.29) is 6.23 Å². The lowest BCUT2D eigenvalue weighted by molar-refractivity contribution is 0.0829. The van der Waals surface area contributed by atoms with Gasteiger partial charge in [0, 0.05) is 13.7 Å². The predicted molar refractivity (Wildman–Crippen MR) is 43.0 cm³/mol. The van der Waals surface area contributed by atoms with Crippen molar-refractivity contribution in [1.29, 1.82) is 0 Å². The maximum atomic E-state index is 5.23. The third kappa shape index (κ3) is 1.04. The summed E-state index contributed by atoms with van der Waals surface area (Å²) in [4.78, 5) is 0. The van der Waals surface area contributed by atoms with Gasteiger partial charge in [0.2, 0.25) is 0 Å². The Morgan fingerprint density at radius 2 is 2.27 bits per heavy atom. The fourth-order valence-electron chi connectivity index (χ4n) is 1.47. The Bertz CT molecular complexity index is 259. The van der Waals surface area contributed by atoms with Crippen molar-refractivity contribution in [2.45, 2.75) is 12.8 Å². The summed E-state index contributed by atoms with van der Waals surface area (Å²) in [6, 6.07) is 8.32. The Morgan fingerprint density at radius 1 is 1.45 bits per heavy atom. The van der Waals surface area contributed by atoms with Crippen LogP contribution in [0.1, 0.15) is 17.4 Å². The van der Waals surface area contributed by atoms with Crippen LogP contribution in [0.4, 0.5) is 0 Å². The molecule has 1 aliphatic rings. The minimum absolute atomic E-state index is 0.103. The fraction of sp³-hybridized carbons (Fsp3) is 0.333. The SMILES string of the molecule is COC1NCc2ccccc21. The second kappa shape index (κ2) is 2.64. The second-order valence-electron chi connectivity index (χ2n) is 2.70. The molecule has 2 nitrogen and oxygen atoms in total. The maximum Gasteiger partial charge on any atom is 0.134 e. The van der Waals surface area contributed by atoms with Gasteiger partial charge in [-0.3, -0.25) is 5.32 Å². The first-order valence-corrected chi connectivity index (χ1v) is 3.76. The van der Waals surface area contributed by atoms with Crippen LogP contribution in [0.3, 0.4) is 0 Å². The minimum Gasteiger partial charge on any atom is -0.362 e. The van der Waals surface area contributed by atoms with E-state index in [1.807, 2.05) is 6.07 Å². The summed E-state index contributed by atoms with van der Waals surface area (Å²) in [7, 11) is 1.72. The molecule has 1 heterocycles. The maximum absolute atomic E-state index is 5.23. The van der Waals surface area contributed by atoms with E-state index >= 15 is 0 Å². The molecule has 0 amide bonds. The van der Waals surface area contributed by atoms with Gasteiger partial charge in [0.25, 0.3) is 0 Å². The van der Waals surface area contributed by atoms with Crippen LogP contribution in [0.5, 0.6) is 0 Å². The second-order valence-corrected chi connectivity index (χ2v) is 2.70. The normalized spacial score (nSPS) is 21.7. The molecule has 1 unspecified atom stereocenters. The van der Waals surface area contributed by atoms with E-state index in [4.69, 9.17) is 4.74 Å². The highest BCUT2D eigenvalue weighted by molar-refractivity contribution is 5.32.